The molecule has 0 aliphatic heterocycles. The second-order valence-electron chi connectivity index (χ2n) is 2.73. The van der Waals surface area contributed by atoms with Gasteiger partial charge in [0.1, 0.15) is 16.5 Å². The lowest BCUT2D eigenvalue weighted by atomic mass is 10.3. The molecule has 0 saturated carbocycles. The zero-order valence-corrected chi connectivity index (χ0v) is 9.24. The highest BCUT2D eigenvalue weighted by Crippen LogP contribution is 2.13. The summed E-state index contributed by atoms with van der Waals surface area (Å²) in [4.78, 5) is 19.1. The van der Waals surface area contributed by atoms with Crippen molar-refractivity contribution in [1.29, 1.82) is 0 Å². The molecule has 0 saturated heterocycles. The molecule has 0 aliphatic carbocycles. The average Bonchev–Trinajstić information content (AvgIpc) is 2.25. The van der Waals surface area contributed by atoms with Crippen LogP contribution in [0, 0.1) is 0 Å². The van der Waals surface area contributed by atoms with E-state index in [4.69, 9.17) is 16.3 Å². The Bertz CT molecular complexity index is 357. The Morgan fingerprint density at radius 2 is 2.27 bits per heavy atom. The summed E-state index contributed by atoms with van der Waals surface area (Å²) >= 11 is 5.79. The summed E-state index contributed by atoms with van der Waals surface area (Å²) in [6.07, 6.45) is 1.91. The zero-order valence-electron chi connectivity index (χ0n) is 8.49. The Balaban J connectivity index is 2.83. The first-order valence-electron chi connectivity index (χ1n) is 4.27. The van der Waals surface area contributed by atoms with E-state index < -0.39 is 5.97 Å². The number of rotatable bonds is 4. The van der Waals surface area contributed by atoms with E-state index in [0.717, 1.165) is 0 Å². The van der Waals surface area contributed by atoms with Gasteiger partial charge < -0.3 is 9.47 Å². The van der Waals surface area contributed by atoms with Crippen LogP contribution < -0.4 is 0 Å². The third-order valence-corrected chi connectivity index (χ3v) is 2.02. The summed E-state index contributed by atoms with van der Waals surface area (Å²) in [5.41, 5.74) is 0.167. The van der Waals surface area contributed by atoms with Crippen molar-refractivity contribution in [3.63, 3.8) is 0 Å². The fourth-order valence-corrected chi connectivity index (χ4v) is 1.18. The van der Waals surface area contributed by atoms with Crippen molar-refractivity contribution in [3.05, 3.63) is 22.7 Å². The second-order valence-corrected chi connectivity index (χ2v) is 3.08. The number of halogens is 1. The molecule has 0 aliphatic rings. The van der Waals surface area contributed by atoms with Crippen LogP contribution in [0.5, 0.6) is 0 Å². The van der Waals surface area contributed by atoms with Crippen LogP contribution in [0.15, 0.2) is 6.20 Å². The van der Waals surface area contributed by atoms with Gasteiger partial charge in [-0.1, -0.05) is 11.6 Å². The monoisotopic (exact) mass is 230 g/mol. The van der Waals surface area contributed by atoms with Gasteiger partial charge in [0.25, 0.3) is 0 Å². The minimum absolute atomic E-state index is 0.1000. The molecule has 82 valence electrons. The van der Waals surface area contributed by atoms with Gasteiger partial charge in [0.05, 0.1) is 13.7 Å². The van der Waals surface area contributed by atoms with Crippen LogP contribution >= 0.6 is 11.6 Å². The van der Waals surface area contributed by atoms with Gasteiger partial charge in [0, 0.05) is 19.7 Å². The van der Waals surface area contributed by atoms with Gasteiger partial charge in [0.2, 0.25) is 0 Å². The number of carbonyl (C=O) groups excluding carboxylic acids is 1. The lowest BCUT2D eigenvalue weighted by Gasteiger charge is -2.03. The summed E-state index contributed by atoms with van der Waals surface area (Å²) in [6, 6.07) is 0. The van der Waals surface area contributed by atoms with Gasteiger partial charge in [0.15, 0.2) is 0 Å². The van der Waals surface area contributed by atoms with E-state index in [2.05, 4.69) is 14.7 Å². The summed E-state index contributed by atoms with van der Waals surface area (Å²) in [6.45, 7) is 0.508. The van der Waals surface area contributed by atoms with Crippen molar-refractivity contribution >= 4 is 17.6 Å². The van der Waals surface area contributed by atoms with E-state index in [-0.39, 0.29) is 10.7 Å². The molecule has 0 aromatic carbocycles. The second kappa shape index (κ2) is 5.63. The van der Waals surface area contributed by atoms with E-state index in [1.165, 1.54) is 13.3 Å². The molecule has 0 bridgehead atoms. The van der Waals surface area contributed by atoms with Crippen LogP contribution in [-0.2, 0) is 15.9 Å². The molecule has 0 spiro atoms. The molecular formula is C9H11ClN2O3. The highest BCUT2D eigenvalue weighted by molar-refractivity contribution is 6.32. The fraction of sp³-hybridized carbons (Fsp3) is 0.444. The maximum atomic E-state index is 11.1. The highest BCUT2D eigenvalue weighted by Gasteiger charge is 2.13. The van der Waals surface area contributed by atoms with Crippen molar-refractivity contribution < 1.29 is 14.3 Å². The number of carbonyl (C=O) groups is 1. The highest BCUT2D eigenvalue weighted by atomic mass is 35.5. The Hall–Kier alpha value is -1.20. The van der Waals surface area contributed by atoms with Gasteiger partial charge in [-0.2, -0.15) is 0 Å². The first-order chi connectivity index (χ1) is 7.19. The maximum Gasteiger partial charge on any atom is 0.342 e. The zero-order chi connectivity index (χ0) is 11.3. The van der Waals surface area contributed by atoms with Crippen molar-refractivity contribution in [2.45, 2.75) is 6.42 Å². The lowest BCUT2D eigenvalue weighted by molar-refractivity contribution is 0.0600. The molecule has 0 amide bonds. The smallest absolute Gasteiger partial charge is 0.342 e. The van der Waals surface area contributed by atoms with Crippen LogP contribution in [0.3, 0.4) is 0 Å². The van der Waals surface area contributed by atoms with Crippen molar-refractivity contribution in [1.82, 2.24) is 9.97 Å². The van der Waals surface area contributed by atoms with Crippen molar-refractivity contribution in [3.8, 4) is 0 Å². The number of methoxy groups -OCH3 is 2. The van der Waals surface area contributed by atoms with E-state index in [1.807, 2.05) is 0 Å². The molecule has 0 fully saturated rings. The first kappa shape index (κ1) is 11.9. The summed E-state index contributed by atoms with van der Waals surface area (Å²) in [5, 5.41) is 0.1000. The molecule has 0 atom stereocenters. The SMILES string of the molecule is COCCc1ncc(C(=O)OC)c(Cl)n1. The Morgan fingerprint density at radius 1 is 1.53 bits per heavy atom. The summed E-state index contributed by atoms with van der Waals surface area (Å²) < 4.78 is 9.38. The predicted octanol–water partition coefficient (Wildman–Crippen LogP) is 1.11. The first-order valence-corrected chi connectivity index (χ1v) is 4.65. The van der Waals surface area contributed by atoms with Gasteiger partial charge in [-0.3, -0.25) is 0 Å². The number of esters is 1. The number of hydrogen-bond donors (Lipinski definition) is 0. The molecule has 1 aromatic rings. The predicted molar refractivity (Wildman–Crippen MR) is 54.0 cm³/mol. The standard InChI is InChI=1S/C9H11ClN2O3/c1-14-4-3-7-11-5-6(8(10)12-7)9(13)15-2/h5H,3-4H2,1-2H3. The number of nitrogens with zero attached hydrogens (tertiary/aromatic N) is 2. The topological polar surface area (TPSA) is 61.3 Å². The van der Waals surface area contributed by atoms with Crippen LogP contribution in [0.25, 0.3) is 0 Å². The molecular weight excluding hydrogens is 220 g/mol. The normalized spacial score (nSPS) is 10.1. The van der Waals surface area contributed by atoms with Crippen LogP contribution in [0.1, 0.15) is 16.2 Å². The fourth-order valence-electron chi connectivity index (χ4n) is 0.955. The van der Waals surface area contributed by atoms with Gasteiger partial charge in [-0.25, -0.2) is 14.8 Å². The summed E-state index contributed by atoms with van der Waals surface area (Å²) in [5.74, 6) is -0.00667. The molecule has 6 heteroatoms. The maximum absolute atomic E-state index is 11.1. The minimum Gasteiger partial charge on any atom is -0.465 e. The average molecular weight is 231 g/mol. The van der Waals surface area contributed by atoms with Crippen LogP contribution in [0.4, 0.5) is 0 Å². The molecule has 5 nitrogen and oxygen atoms in total. The van der Waals surface area contributed by atoms with Crippen LogP contribution in [-0.4, -0.2) is 36.8 Å². The molecule has 0 unspecified atom stereocenters. The summed E-state index contributed by atoms with van der Waals surface area (Å²) in [7, 11) is 2.86. The van der Waals surface area contributed by atoms with Crippen LogP contribution in [0.2, 0.25) is 5.15 Å². The van der Waals surface area contributed by atoms with Gasteiger partial charge >= 0.3 is 5.97 Å². The van der Waals surface area contributed by atoms with Crippen molar-refractivity contribution in [2.75, 3.05) is 20.8 Å². The molecule has 1 heterocycles. The molecule has 0 N–H and O–H groups in total. The Morgan fingerprint density at radius 3 is 2.80 bits per heavy atom. The molecule has 0 radical (unpaired) electrons. The number of ether oxygens (including phenoxy) is 2. The van der Waals surface area contributed by atoms with E-state index in [9.17, 15) is 4.79 Å². The Kier molecular flexibility index (Phi) is 4.45. The molecule has 15 heavy (non-hydrogen) atoms. The van der Waals surface area contributed by atoms with E-state index in [1.54, 1.807) is 7.11 Å². The third-order valence-electron chi connectivity index (χ3n) is 1.73. The third kappa shape index (κ3) is 3.14. The molecule has 1 aromatic heterocycles. The lowest BCUT2D eigenvalue weighted by Crippen LogP contribution is -2.07. The van der Waals surface area contributed by atoms with E-state index >= 15 is 0 Å². The quantitative estimate of drug-likeness (QED) is 0.573. The minimum atomic E-state index is -0.543. The van der Waals surface area contributed by atoms with Crippen molar-refractivity contribution in [2.24, 2.45) is 0 Å². The van der Waals surface area contributed by atoms with Gasteiger partial charge in [-0.15, -0.1) is 0 Å². The number of aromatic nitrogens is 2. The Labute approximate surface area is 92.4 Å². The number of hydrogen-bond acceptors (Lipinski definition) is 5. The largest absolute Gasteiger partial charge is 0.465 e. The van der Waals surface area contributed by atoms with E-state index in [0.29, 0.717) is 18.9 Å². The molecule has 1 rings (SSSR count). The van der Waals surface area contributed by atoms with Gasteiger partial charge in [-0.05, 0) is 0 Å².